The predicted molar refractivity (Wildman–Crippen MR) is 105 cm³/mol. The number of likely N-dealkylation sites (N-methyl/N-ethyl adjacent to an activating group) is 1. The van der Waals surface area contributed by atoms with Crippen molar-refractivity contribution in [2.75, 3.05) is 20.6 Å². The maximum Gasteiger partial charge on any atom is 0.267 e. The van der Waals surface area contributed by atoms with Crippen LogP contribution < -0.4 is 5.48 Å². The Kier molecular flexibility index (Phi) is 6.56. The molecule has 0 fully saturated rings. The maximum atomic E-state index is 11.2. The summed E-state index contributed by atoms with van der Waals surface area (Å²) < 4.78 is 2.30. The van der Waals surface area contributed by atoms with Crippen LogP contribution >= 0.6 is 0 Å². The summed E-state index contributed by atoms with van der Waals surface area (Å²) >= 11 is 0. The van der Waals surface area contributed by atoms with Gasteiger partial charge in [0.2, 0.25) is 0 Å². The lowest BCUT2D eigenvalue weighted by atomic mass is 9.90. The average molecular weight is 358 g/mol. The van der Waals surface area contributed by atoms with Crippen molar-refractivity contribution in [2.24, 2.45) is 5.41 Å². The van der Waals surface area contributed by atoms with E-state index in [0.29, 0.717) is 0 Å². The van der Waals surface area contributed by atoms with Crippen LogP contribution in [0.2, 0.25) is 0 Å². The summed E-state index contributed by atoms with van der Waals surface area (Å²) in [7, 11) is 4.14. The van der Waals surface area contributed by atoms with Gasteiger partial charge in [-0.1, -0.05) is 26.8 Å². The van der Waals surface area contributed by atoms with E-state index in [-0.39, 0.29) is 5.41 Å². The number of amides is 1. The number of benzene rings is 1. The average Bonchev–Trinajstić information content (AvgIpc) is 2.92. The zero-order chi connectivity index (χ0) is 19.3. The Balaban J connectivity index is 2.35. The summed E-state index contributed by atoms with van der Waals surface area (Å²) in [5.41, 5.74) is 4.77. The van der Waals surface area contributed by atoms with E-state index in [1.807, 2.05) is 12.1 Å². The Morgan fingerprint density at radius 3 is 2.69 bits per heavy atom. The largest absolute Gasteiger partial charge is 0.327 e. The molecule has 0 saturated heterocycles. The van der Waals surface area contributed by atoms with E-state index in [1.165, 1.54) is 6.08 Å². The van der Waals surface area contributed by atoms with Crippen LogP contribution in [0.3, 0.4) is 0 Å². The lowest BCUT2D eigenvalue weighted by molar-refractivity contribution is -0.124. The Labute approximate surface area is 155 Å². The fourth-order valence-electron chi connectivity index (χ4n) is 2.74. The second-order valence-corrected chi connectivity index (χ2v) is 8.10. The van der Waals surface area contributed by atoms with Gasteiger partial charge in [0, 0.05) is 25.6 Å². The second kappa shape index (κ2) is 8.47. The molecule has 0 saturated carbocycles. The standard InChI is InChI=1S/C20H30N4O2/c1-20(2,3)11-10-18-21-16-14-15(7-9-19(25)22-26)6-8-17(16)24(18)13-12-23(4)5/h6-9,14,26H,10-13H2,1-5H3,(H,22,25)/b9-7+. The van der Waals surface area contributed by atoms with Crippen LogP contribution in [0.1, 0.15) is 38.6 Å². The number of hydrogen-bond donors (Lipinski definition) is 2. The first-order chi connectivity index (χ1) is 12.2. The number of hydroxylamine groups is 1. The summed E-state index contributed by atoms with van der Waals surface area (Å²) in [6.07, 6.45) is 4.97. The summed E-state index contributed by atoms with van der Waals surface area (Å²) in [4.78, 5) is 18.2. The zero-order valence-corrected chi connectivity index (χ0v) is 16.4. The van der Waals surface area contributed by atoms with Crippen molar-refractivity contribution in [2.45, 2.75) is 40.2 Å². The molecule has 0 radical (unpaired) electrons. The lowest BCUT2D eigenvalue weighted by Gasteiger charge is -2.18. The first kappa shape index (κ1) is 20.1. The molecule has 0 atom stereocenters. The highest BCUT2D eigenvalue weighted by Crippen LogP contribution is 2.24. The fraction of sp³-hybridized carbons (Fsp3) is 0.500. The minimum absolute atomic E-state index is 0.260. The van der Waals surface area contributed by atoms with Crippen LogP contribution in [0.25, 0.3) is 17.1 Å². The summed E-state index contributed by atoms with van der Waals surface area (Å²) in [6, 6.07) is 5.99. The minimum Gasteiger partial charge on any atom is -0.327 e. The Hall–Kier alpha value is -2.18. The topological polar surface area (TPSA) is 70.4 Å². The Bertz CT molecular complexity index is 785. The predicted octanol–water partition coefficient (Wildman–Crippen LogP) is 3.10. The molecule has 0 aliphatic carbocycles. The van der Waals surface area contributed by atoms with Crippen LogP contribution in [0.5, 0.6) is 0 Å². The molecule has 26 heavy (non-hydrogen) atoms. The van der Waals surface area contributed by atoms with Gasteiger partial charge in [-0.2, -0.15) is 0 Å². The van der Waals surface area contributed by atoms with E-state index in [1.54, 1.807) is 11.6 Å². The van der Waals surface area contributed by atoms with Crippen LogP contribution in [0, 0.1) is 5.41 Å². The van der Waals surface area contributed by atoms with Crippen LogP contribution in [0.15, 0.2) is 24.3 Å². The summed E-state index contributed by atoms with van der Waals surface area (Å²) in [5, 5.41) is 8.58. The van der Waals surface area contributed by atoms with Crippen molar-refractivity contribution in [3.8, 4) is 0 Å². The smallest absolute Gasteiger partial charge is 0.267 e. The normalized spacial score (nSPS) is 12.4. The van der Waals surface area contributed by atoms with Gasteiger partial charge in [0.05, 0.1) is 11.0 Å². The van der Waals surface area contributed by atoms with Gasteiger partial charge in [-0.25, -0.2) is 10.5 Å². The summed E-state index contributed by atoms with van der Waals surface area (Å²) in [6.45, 7) is 8.58. The van der Waals surface area contributed by atoms with Gasteiger partial charge in [-0.15, -0.1) is 0 Å². The SMILES string of the molecule is CN(C)CCn1c(CCC(C)(C)C)nc2cc(/C=C/C(=O)NO)ccc21. The molecule has 1 heterocycles. The molecule has 142 valence electrons. The number of carbonyl (C=O) groups excluding carboxylic acids is 1. The molecular weight excluding hydrogens is 328 g/mol. The third-order valence-electron chi connectivity index (χ3n) is 4.26. The van der Waals surface area contributed by atoms with E-state index in [0.717, 1.165) is 48.4 Å². The van der Waals surface area contributed by atoms with Gasteiger partial charge < -0.3 is 9.47 Å². The molecule has 0 spiro atoms. The monoisotopic (exact) mass is 358 g/mol. The molecule has 6 heteroatoms. The van der Waals surface area contributed by atoms with E-state index >= 15 is 0 Å². The van der Waals surface area contributed by atoms with Crippen molar-refractivity contribution in [1.29, 1.82) is 0 Å². The van der Waals surface area contributed by atoms with E-state index in [9.17, 15) is 4.79 Å². The molecular formula is C20H30N4O2. The highest BCUT2D eigenvalue weighted by Gasteiger charge is 2.15. The number of hydrogen-bond acceptors (Lipinski definition) is 4. The maximum absolute atomic E-state index is 11.2. The van der Waals surface area contributed by atoms with Gasteiger partial charge in [-0.05, 0) is 49.7 Å². The van der Waals surface area contributed by atoms with E-state index < -0.39 is 5.91 Å². The van der Waals surface area contributed by atoms with Crippen LogP contribution in [-0.2, 0) is 17.8 Å². The first-order valence-electron chi connectivity index (χ1n) is 8.95. The van der Waals surface area contributed by atoms with Gasteiger partial charge in [0.15, 0.2) is 0 Å². The zero-order valence-electron chi connectivity index (χ0n) is 16.4. The quantitative estimate of drug-likeness (QED) is 0.453. The number of rotatable bonds is 7. The number of carbonyl (C=O) groups is 1. The van der Waals surface area contributed by atoms with Gasteiger partial charge in [0.25, 0.3) is 5.91 Å². The van der Waals surface area contributed by atoms with Gasteiger partial charge in [0.1, 0.15) is 5.82 Å². The molecule has 0 aliphatic rings. The second-order valence-electron chi connectivity index (χ2n) is 8.10. The van der Waals surface area contributed by atoms with Gasteiger partial charge >= 0.3 is 0 Å². The lowest BCUT2D eigenvalue weighted by Crippen LogP contribution is -2.20. The van der Waals surface area contributed by atoms with Crippen molar-refractivity contribution >= 4 is 23.0 Å². The number of fused-ring (bicyclic) bond motifs is 1. The molecule has 0 aliphatic heterocycles. The molecule has 1 aromatic carbocycles. The molecule has 0 unspecified atom stereocenters. The number of nitrogens with one attached hydrogen (secondary N) is 1. The number of nitrogens with zero attached hydrogens (tertiary/aromatic N) is 3. The summed E-state index contributed by atoms with van der Waals surface area (Å²) in [5.74, 6) is 0.554. The fourth-order valence-corrected chi connectivity index (χ4v) is 2.74. The van der Waals surface area contributed by atoms with Crippen molar-refractivity contribution in [1.82, 2.24) is 19.9 Å². The molecule has 0 bridgehead atoms. The van der Waals surface area contributed by atoms with Crippen molar-refractivity contribution in [3.63, 3.8) is 0 Å². The van der Waals surface area contributed by atoms with Gasteiger partial charge in [-0.3, -0.25) is 10.0 Å². The highest BCUT2D eigenvalue weighted by atomic mass is 16.5. The van der Waals surface area contributed by atoms with Crippen molar-refractivity contribution < 1.29 is 10.0 Å². The Morgan fingerprint density at radius 2 is 2.08 bits per heavy atom. The highest BCUT2D eigenvalue weighted by molar-refractivity contribution is 5.91. The Morgan fingerprint density at radius 1 is 1.35 bits per heavy atom. The molecule has 6 nitrogen and oxygen atoms in total. The molecule has 1 aromatic heterocycles. The molecule has 2 N–H and O–H groups in total. The molecule has 2 rings (SSSR count). The third kappa shape index (κ3) is 5.68. The van der Waals surface area contributed by atoms with Crippen molar-refractivity contribution in [3.05, 3.63) is 35.7 Å². The van der Waals surface area contributed by atoms with E-state index in [4.69, 9.17) is 10.2 Å². The number of aryl methyl sites for hydroxylation is 1. The van der Waals surface area contributed by atoms with Crippen LogP contribution in [0.4, 0.5) is 0 Å². The molecule has 2 aromatic rings. The minimum atomic E-state index is -0.549. The molecule has 1 amide bonds. The number of imidazole rings is 1. The first-order valence-corrected chi connectivity index (χ1v) is 8.95. The third-order valence-corrected chi connectivity index (χ3v) is 4.26. The number of aromatic nitrogens is 2. The van der Waals surface area contributed by atoms with E-state index in [2.05, 4.69) is 50.4 Å². The van der Waals surface area contributed by atoms with Crippen LogP contribution in [-0.4, -0.2) is 46.2 Å².